The van der Waals surface area contributed by atoms with Gasteiger partial charge in [-0.05, 0) is 18.3 Å². The van der Waals surface area contributed by atoms with E-state index in [1.165, 1.54) is 0 Å². The first-order valence-corrected chi connectivity index (χ1v) is 2.89. The molecule has 0 atom stereocenters. The van der Waals surface area contributed by atoms with Crippen LogP contribution in [0.3, 0.4) is 0 Å². The molecule has 0 aliphatic heterocycles. The third-order valence-corrected chi connectivity index (χ3v) is 0.968. The molecule has 0 unspecified atom stereocenters. The molecule has 0 aliphatic rings. The summed E-state index contributed by atoms with van der Waals surface area (Å²) in [5.41, 5.74) is 6.08. The zero-order valence-electron chi connectivity index (χ0n) is 4.72. The Morgan fingerprint density at radius 1 is 1.78 bits per heavy atom. The number of nitrogens with two attached hydrogens (primary N) is 1. The van der Waals surface area contributed by atoms with Gasteiger partial charge in [-0.15, -0.1) is 0 Å². The summed E-state index contributed by atoms with van der Waals surface area (Å²) in [6, 6.07) is 1.85. The molecule has 0 amide bonds. The topological polar surface area (TPSA) is 53.8 Å². The van der Waals surface area contributed by atoms with Gasteiger partial charge >= 0.3 is 0 Å². The van der Waals surface area contributed by atoms with Crippen LogP contribution in [0.5, 0.6) is 0 Å². The molecule has 4 N–H and O–H groups in total. The zero-order chi connectivity index (χ0) is 6.69. The normalized spacial score (nSPS) is 8.89. The minimum Gasteiger partial charge on any atom is -0.376 e. The molecule has 9 heavy (non-hydrogen) atoms. The summed E-state index contributed by atoms with van der Waals surface area (Å²) in [5.74, 6) is 0. The number of thiocarbonyl (C=S) groups is 1. The van der Waals surface area contributed by atoms with Crippen molar-refractivity contribution in [1.82, 2.24) is 4.98 Å². The summed E-state index contributed by atoms with van der Waals surface area (Å²) in [4.78, 5) is 2.86. The van der Waals surface area contributed by atoms with Gasteiger partial charge in [0.15, 0.2) is 5.11 Å². The minimum absolute atomic E-state index is 0.287. The first-order chi connectivity index (χ1) is 4.29. The van der Waals surface area contributed by atoms with Crippen molar-refractivity contribution in [1.29, 1.82) is 0 Å². The number of aromatic nitrogens is 1. The largest absolute Gasteiger partial charge is 0.376 e. The van der Waals surface area contributed by atoms with E-state index in [-0.39, 0.29) is 5.11 Å². The lowest BCUT2D eigenvalue weighted by atomic mass is 10.5. The van der Waals surface area contributed by atoms with Crippen molar-refractivity contribution in [2.45, 2.75) is 0 Å². The molecule has 3 nitrogen and oxygen atoms in total. The second-order valence-corrected chi connectivity index (χ2v) is 2.03. The summed E-state index contributed by atoms with van der Waals surface area (Å²) in [6.07, 6.45) is 3.57. The predicted octanol–water partition coefficient (Wildman–Crippen LogP) is 0.670. The Labute approximate surface area is 58.3 Å². The Morgan fingerprint density at radius 3 is 3.00 bits per heavy atom. The quantitative estimate of drug-likeness (QED) is 0.504. The average Bonchev–Trinajstić information content (AvgIpc) is 2.15. The lowest BCUT2D eigenvalue weighted by molar-refractivity contribution is 1.41. The fourth-order valence-electron chi connectivity index (χ4n) is 0.544. The molecule has 1 aromatic heterocycles. The number of nitrogens with one attached hydrogen (secondary N) is 2. The van der Waals surface area contributed by atoms with Crippen molar-refractivity contribution < 1.29 is 0 Å². The van der Waals surface area contributed by atoms with Gasteiger partial charge in [0.2, 0.25) is 0 Å². The highest BCUT2D eigenvalue weighted by molar-refractivity contribution is 7.80. The number of hydrogen-bond acceptors (Lipinski definition) is 1. The first kappa shape index (κ1) is 6.10. The maximum atomic E-state index is 5.19. The van der Waals surface area contributed by atoms with Crippen LogP contribution in [-0.2, 0) is 0 Å². The van der Waals surface area contributed by atoms with E-state index in [1.54, 1.807) is 12.4 Å². The molecular weight excluding hydrogens is 134 g/mol. The van der Waals surface area contributed by atoms with Crippen LogP contribution < -0.4 is 11.1 Å². The molecule has 0 fully saturated rings. The van der Waals surface area contributed by atoms with Gasteiger partial charge in [0.25, 0.3) is 0 Å². The molecule has 48 valence electrons. The molecule has 0 spiro atoms. The summed E-state index contributed by atoms with van der Waals surface area (Å²) >= 11 is 4.60. The van der Waals surface area contributed by atoms with Crippen LogP contribution in [0.15, 0.2) is 18.5 Å². The van der Waals surface area contributed by atoms with Gasteiger partial charge in [0, 0.05) is 12.4 Å². The highest BCUT2D eigenvalue weighted by atomic mass is 32.1. The monoisotopic (exact) mass is 141 g/mol. The Bertz CT molecular complexity index is 192. The molecular formula is C5H7N3S. The third-order valence-electron chi connectivity index (χ3n) is 0.865. The SMILES string of the molecule is NC(=S)Nc1cc[nH]c1. The van der Waals surface area contributed by atoms with Crippen molar-refractivity contribution in [3.05, 3.63) is 18.5 Å². The number of hydrogen-bond donors (Lipinski definition) is 3. The Balaban J connectivity index is 2.58. The van der Waals surface area contributed by atoms with Gasteiger partial charge in [0.1, 0.15) is 0 Å². The molecule has 0 aromatic carbocycles. The van der Waals surface area contributed by atoms with Crippen LogP contribution in [0, 0.1) is 0 Å². The van der Waals surface area contributed by atoms with Gasteiger partial charge in [0.05, 0.1) is 5.69 Å². The van der Waals surface area contributed by atoms with Gasteiger partial charge in [-0.3, -0.25) is 0 Å². The van der Waals surface area contributed by atoms with Gasteiger partial charge in [-0.1, -0.05) is 0 Å². The third kappa shape index (κ3) is 1.73. The highest BCUT2D eigenvalue weighted by Crippen LogP contribution is 2.01. The molecule has 0 aliphatic carbocycles. The highest BCUT2D eigenvalue weighted by Gasteiger charge is 1.88. The maximum Gasteiger partial charge on any atom is 0.168 e. The van der Waals surface area contributed by atoms with Crippen molar-refractivity contribution in [3.63, 3.8) is 0 Å². The van der Waals surface area contributed by atoms with Crippen LogP contribution in [0.25, 0.3) is 0 Å². The summed E-state index contributed by atoms with van der Waals surface area (Å²) in [5, 5.41) is 3.05. The molecule has 0 bridgehead atoms. The predicted molar refractivity (Wildman–Crippen MR) is 41.2 cm³/mol. The number of aromatic amines is 1. The molecule has 1 rings (SSSR count). The Hall–Kier alpha value is -1.03. The number of anilines is 1. The van der Waals surface area contributed by atoms with Gasteiger partial charge in [-0.2, -0.15) is 0 Å². The molecule has 0 saturated carbocycles. The van der Waals surface area contributed by atoms with E-state index in [9.17, 15) is 0 Å². The van der Waals surface area contributed by atoms with E-state index in [0.717, 1.165) is 5.69 Å². The van der Waals surface area contributed by atoms with Crippen molar-refractivity contribution >= 4 is 23.0 Å². The van der Waals surface area contributed by atoms with Crippen LogP contribution in [0.1, 0.15) is 0 Å². The van der Waals surface area contributed by atoms with Crippen molar-refractivity contribution in [3.8, 4) is 0 Å². The van der Waals surface area contributed by atoms with Crippen molar-refractivity contribution in [2.75, 3.05) is 5.32 Å². The van der Waals surface area contributed by atoms with E-state index in [4.69, 9.17) is 5.73 Å². The smallest absolute Gasteiger partial charge is 0.168 e. The summed E-state index contributed by atoms with van der Waals surface area (Å²) < 4.78 is 0. The number of H-pyrrole nitrogens is 1. The minimum atomic E-state index is 0.287. The maximum absolute atomic E-state index is 5.19. The van der Waals surface area contributed by atoms with Gasteiger partial charge in [-0.25, -0.2) is 0 Å². The van der Waals surface area contributed by atoms with Gasteiger partial charge < -0.3 is 16.0 Å². The van der Waals surface area contributed by atoms with E-state index in [1.807, 2.05) is 6.07 Å². The van der Waals surface area contributed by atoms with Crippen LogP contribution in [0.2, 0.25) is 0 Å². The fourth-order valence-corrected chi connectivity index (χ4v) is 0.662. The molecule has 0 saturated heterocycles. The average molecular weight is 141 g/mol. The standard InChI is InChI=1S/C5H7N3S/c6-5(9)8-4-1-2-7-3-4/h1-3,7H,(H3,6,8,9). The lowest BCUT2D eigenvalue weighted by Crippen LogP contribution is -2.18. The molecule has 1 aromatic rings. The van der Waals surface area contributed by atoms with Crippen molar-refractivity contribution in [2.24, 2.45) is 5.73 Å². The Morgan fingerprint density at radius 2 is 2.56 bits per heavy atom. The van der Waals surface area contributed by atoms with Crippen LogP contribution in [-0.4, -0.2) is 10.1 Å². The molecule has 0 radical (unpaired) electrons. The first-order valence-electron chi connectivity index (χ1n) is 2.48. The summed E-state index contributed by atoms with van der Waals surface area (Å²) in [7, 11) is 0. The van der Waals surface area contributed by atoms with Crippen LogP contribution in [0.4, 0.5) is 5.69 Å². The second-order valence-electron chi connectivity index (χ2n) is 1.59. The lowest BCUT2D eigenvalue weighted by Gasteiger charge is -1.96. The van der Waals surface area contributed by atoms with E-state index < -0.39 is 0 Å². The molecule has 4 heteroatoms. The number of rotatable bonds is 1. The molecule has 1 heterocycles. The van der Waals surface area contributed by atoms with Crippen LogP contribution >= 0.6 is 12.2 Å². The zero-order valence-corrected chi connectivity index (χ0v) is 5.53. The Kier molecular flexibility index (Phi) is 1.69. The second kappa shape index (κ2) is 2.50. The van der Waals surface area contributed by atoms with E-state index in [2.05, 4.69) is 22.5 Å². The van der Waals surface area contributed by atoms with E-state index in [0.29, 0.717) is 0 Å². The van der Waals surface area contributed by atoms with E-state index >= 15 is 0 Å². The fraction of sp³-hybridized carbons (Fsp3) is 0. The summed E-state index contributed by atoms with van der Waals surface area (Å²) in [6.45, 7) is 0.